The van der Waals surface area contributed by atoms with E-state index >= 15 is 0 Å². The summed E-state index contributed by atoms with van der Waals surface area (Å²) in [6.07, 6.45) is 8.42. The Balaban J connectivity index is 2.81. The maximum absolute atomic E-state index is 13.5. The molecule has 3 N–H and O–H groups in total. The number of allylic oxidation sites excluding steroid dienone is 4. The molecule has 108 valence electrons. The fraction of sp³-hybridized carbons (Fsp3) is 0.294. The Morgan fingerprint density at radius 3 is 2.50 bits per heavy atom. The molecule has 0 bridgehead atoms. The van der Waals surface area contributed by atoms with Crippen molar-refractivity contribution in [2.24, 2.45) is 0 Å². The van der Waals surface area contributed by atoms with E-state index in [0.29, 0.717) is 6.54 Å². The highest BCUT2D eigenvalue weighted by Crippen LogP contribution is 2.12. The number of hydrogen-bond acceptors (Lipinski definition) is 1. The molecule has 0 saturated carbocycles. The lowest BCUT2D eigenvalue weighted by molar-refractivity contribution is -0.619. The zero-order valence-electron chi connectivity index (χ0n) is 12.5. The second kappa shape index (κ2) is 9.10. The summed E-state index contributed by atoms with van der Waals surface area (Å²) in [6, 6.07) is 8.10. The topological polar surface area (TPSA) is 28.6 Å². The van der Waals surface area contributed by atoms with Crippen LogP contribution < -0.4 is 10.6 Å². The van der Waals surface area contributed by atoms with E-state index < -0.39 is 0 Å². The van der Waals surface area contributed by atoms with Gasteiger partial charge in [-0.1, -0.05) is 37.3 Å². The number of anilines is 1. The molecule has 0 aromatic heterocycles. The standard InChI is InChI=1S/C17H23FN2/c1-4-6-15(13-17(18)20-5-2)8-7-14-9-11-16(19-3)12-10-14/h6-13,19-20H,4-5H2,1-3H3/p+1. The number of nitrogens with two attached hydrogens (primary N) is 1. The minimum Gasteiger partial charge on any atom is -0.388 e. The zero-order chi connectivity index (χ0) is 14.8. The molecule has 2 nitrogen and oxygen atoms in total. The van der Waals surface area contributed by atoms with E-state index in [0.717, 1.165) is 23.2 Å². The minimum absolute atomic E-state index is 0.178. The van der Waals surface area contributed by atoms with Crippen molar-refractivity contribution in [3.8, 4) is 0 Å². The van der Waals surface area contributed by atoms with Gasteiger partial charge in [0.15, 0.2) is 0 Å². The number of halogens is 1. The monoisotopic (exact) mass is 275 g/mol. The second-order valence-corrected chi connectivity index (χ2v) is 4.46. The molecule has 3 heteroatoms. The van der Waals surface area contributed by atoms with Crippen molar-refractivity contribution in [1.82, 2.24) is 0 Å². The van der Waals surface area contributed by atoms with E-state index in [9.17, 15) is 4.39 Å². The summed E-state index contributed by atoms with van der Waals surface area (Å²) in [4.78, 5) is 0. The Bertz CT molecular complexity index is 484. The molecule has 0 aliphatic carbocycles. The van der Waals surface area contributed by atoms with Crippen molar-refractivity contribution in [2.45, 2.75) is 20.3 Å². The third-order valence-electron chi connectivity index (χ3n) is 2.81. The van der Waals surface area contributed by atoms with Crippen LogP contribution in [0.2, 0.25) is 0 Å². The molecule has 0 spiro atoms. The summed E-state index contributed by atoms with van der Waals surface area (Å²) >= 11 is 0. The summed E-state index contributed by atoms with van der Waals surface area (Å²) in [7, 11) is 1.89. The lowest BCUT2D eigenvalue weighted by Crippen LogP contribution is -2.80. The normalized spacial score (nSPS) is 13.0. The molecule has 0 unspecified atom stereocenters. The molecule has 20 heavy (non-hydrogen) atoms. The van der Waals surface area contributed by atoms with Crippen LogP contribution in [0.3, 0.4) is 0 Å². The van der Waals surface area contributed by atoms with Crippen LogP contribution in [0, 0.1) is 0 Å². The smallest absolute Gasteiger partial charge is 0.283 e. The Morgan fingerprint density at radius 1 is 1.25 bits per heavy atom. The molecular formula is C17H24FN2+. The number of nitrogens with one attached hydrogen (secondary N) is 1. The van der Waals surface area contributed by atoms with Crippen LogP contribution in [-0.2, 0) is 0 Å². The molecule has 1 aromatic rings. The molecule has 0 atom stereocenters. The molecule has 1 aromatic carbocycles. The van der Waals surface area contributed by atoms with Gasteiger partial charge in [-0.15, -0.1) is 4.39 Å². The molecule has 0 amide bonds. The highest BCUT2D eigenvalue weighted by molar-refractivity contribution is 5.58. The van der Waals surface area contributed by atoms with Gasteiger partial charge < -0.3 is 5.32 Å². The van der Waals surface area contributed by atoms with E-state index in [2.05, 4.69) is 5.32 Å². The largest absolute Gasteiger partial charge is 0.388 e. The van der Waals surface area contributed by atoms with Crippen molar-refractivity contribution in [2.75, 3.05) is 18.9 Å². The van der Waals surface area contributed by atoms with Gasteiger partial charge in [-0.05, 0) is 36.6 Å². The summed E-state index contributed by atoms with van der Waals surface area (Å²) < 4.78 is 13.5. The molecule has 0 heterocycles. The van der Waals surface area contributed by atoms with Crippen molar-refractivity contribution >= 4 is 11.8 Å². The van der Waals surface area contributed by atoms with Gasteiger partial charge in [0.25, 0.3) is 5.95 Å². The first-order valence-corrected chi connectivity index (χ1v) is 7.06. The summed E-state index contributed by atoms with van der Waals surface area (Å²) in [5.41, 5.74) is 3.07. The van der Waals surface area contributed by atoms with Crippen molar-refractivity contribution in [1.29, 1.82) is 0 Å². The average molecular weight is 275 g/mol. The Morgan fingerprint density at radius 2 is 1.95 bits per heavy atom. The maximum Gasteiger partial charge on any atom is 0.283 e. The second-order valence-electron chi connectivity index (χ2n) is 4.46. The van der Waals surface area contributed by atoms with Gasteiger partial charge in [-0.3, -0.25) is 5.32 Å². The van der Waals surface area contributed by atoms with Gasteiger partial charge >= 0.3 is 0 Å². The maximum atomic E-state index is 13.5. The zero-order valence-corrected chi connectivity index (χ0v) is 12.5. The lowest BCUT2D eigenvalue weighted by Gasteiger charge is -2.00. The van der Waals surface area contributed by atoms with Crippen LogP contribution in [0.15, 0.2) is 54.0 Å². The third-order valence-corrected chi connectivity index (χ3v) is 2.81. The first-order chi connectivity index (χ1) is 9.69. The van der Waals surface area contributed by atoms with Crippen molar-refractivity contribution < 1.29 is 9.71 Å². The van der Waals surface area contributed by atoms with E-state index in [1.807, 2.05) is 63.4 Å². The lowest BCUT2D eigenvalue weighted by atomic mass is 10.1. The Kier molecular flexibility index (Phi) is 7.36. The van der Waals surface area contributed by atoms with Gasteiger partial charge in [0.2, 0.25) is 0 Å². The van der Waals surface area contributed by atoms with E-state index in [1.165, 1.54) is 0 Å². The molecule has 0 fully saturated rings. The number of rotatable bonds is 7. The first-order valence-electron chi connectivity index (χ1n) is 7.06. The van der Waals surface area contributed by atoms with Crippen LogP contribution in [0.25, 0.3) is 6.08 Å². The fourth-order valence-electron chi connectivity index (χ4n) is 1.78. The van der Waals surface area contributed by atoms with Crippen LogP contribution in [-0.4, -0.2) is 13.6 Å². The SMILES string of the molecule is CCC=C(C=Cc1ccc(NC)cc1)C=C(F)[NH2+]CC. The van der Waals surface area contributed by atoms with Gasteiger partial charge in [-0.2, -0.15) is 0 Å². The summed E-state index contributed by atoms with van der Waals surface area (Å²) in [6.45, 7) is 4.68. The average Bonchev–Trinajstić information content (AvgIpc) is 2.46. The molecule has 0 aliphatic rings. The quantitative estimate of drug-likeness (QED) is 0.579. The number of quaternary nitrogens is 1. The van der Waals surface area contributed by atoms with E-state index in [1.54, 1.807) is 11.4 Å². The van der Waals surface area contributed by atoms with Gasteiger partial charge in [-0.25, -0.2) is 0 Å². The molecule has 0 aliphatic heterocycles. The van der Waals surface area contributed by atoms with Crippen molar-refractivity contribution in [3.63, 3.8) is 0 Å². The third kappa shape index (κ3) is 5.85. The van der Waals surface area contributed by atoms with Crippen LogP contribution in [0.5, 0.6) is 0 Å². The predicted molar refractivity (Wildman–Crippen MR) is 85.1 cm³/mol. The molecule has 0 saturated heterocycles. The highest BCUT2D eigenvalue weighted by Gasteiger charge is 1.98. The minimum atomic E-state index is -0.178. The molecular weight excluding hydrogens is 251 g/mol. The van der Waals surface area contributed by atoms with Gasteiger partial charge in [0.1, 0.15) is 0 Å². The van der Waals surface area contributed by atoms with Crippen LogP contribution in [0.1, 0.15) is 25.8 Å². The summed E-state index contributed by atoms with van der Waals surface area (Å²) in [5, 5.41) is 4.66. The first kappa shape index (κ1) is 16.2. The Hall–Kier alpha value is -1.87. The molecule has 1 rings (SSSR count). The van der Waals surface area contributed by atoms with Crippen LogP contribution in [0.4, 0.5) is 10.1 Å². The van der Waals surface area contributed by atoms with E-state index in [-0.39, 0.29) is 5.95 Å². The molecule has 0 radical (unpaired) electrons. The number of hydrogen-bond donors (Lipinski definition) is 2. The Labute approximate surface area is 121 Å². The van der Waals surface area contributed by atoms with Crippen LogP contribution >= 0.6 is 0 Å². The highest BCUT2D eigenvalue weighted by atomic mass is 19.1. The number of benzene rings is 1. The van der Waals surface area contributed by atoms with E-state index in [4.69, 9.17) is 0 Å². The fourth-order valence-corrected chi connectivity index (χ4v) is 1.78. The van der Waals surface area contributed by atoms with Gasteiger partial charge in [0.05, 0.1) is 6.54 Å². The summed E-state index contributed by atoms with van der Waals surface area (Å²) in [5.74, 6) is -0.178. The van der Waals surface area contributed by atoms with Crippen molar-refractivity contribution in [3.05, 3.63) is 59.6 Å². The predicted octanol–water partition coefficient (Wildman–Crippen LogP) is 3.47. The van der Waals surface area contributed by atoms with Gasteiger partial charge in [0, 0.05) is 18.8 Å².